The second-order valence-corrected chi connectivity index (χ2v) is 18.2. The van der Waals surface area contributed by atoms with Gasteiger partial charge >= 0.3 is 0 Å². The number of hydrogen-bond donors (Lipinski definition) is 0. The zero-order valence-electron chi connectivity index (χ0n) is 34.2. The van der Waals surface area contributed by atoms with Crippen molar-refractivity contribution in [3.8, 4) is 33.4 Å². The van der Waals surface area contributed by atoms with Crippen LogP contribution >= 0.6 is 11.3 Å². The first-order valence-electron chi connectivity index (χ1n) is 21.8. The minimum atomic E-state index is -0.395. The Kier molecular flexibility index (Phi) is 7.26. The molecule has 2 aliphatic rings. The Morgan fingerprint density at radius 1 is 0.302 bits per heavy atom. The molecule has 63 heavy (non-hydrogen) atoms. The molecule has 0 unspecified atom stereocenters. The van der Waals surface area contributed by atoms with Crippen molar-refractivity contribution < 1.29 is 0 Å². The normalized spacial score (nSPS) is 13.2. The van der Waals surface area contributed by atoms with Crippen molar-refractivity contribution in [2.45, 2.75) is 5.41 Å². The number of fused-ring (bicyclic) bond motifs is 17. The molecular weight excluding hydrogens is 779 g/mol. The van der Waals surface area contributed by atoms with E-state index in [4.69, 9.17) is 0 Å². The van der Waals surface area contributed by atoms with Gasteiger partial charge in [-0.3, -0.25) is 0 Å². The summed E-state index contributed by atoms with van der Waals surface area (Å²) in [6.45, 7) is 0. The Bertz CT molecular complexity index is 3750. The van der Waals surface area contributed by atoms with E-state index in [9.17, 15) is 0 Å². The molecule has 11 aromatic carbocycles. The minimum Gasteiger partial charge on any atom is -0.310 e. The second kappa shape index (κ2) is 13.1. The molecule has 0 amide bonds. The summed E-state index contributed by atoms with van der Waals surface area (Å²) in [5.41, 5.74) is 16.3. The summed E-state index contributed by atoms with van der Waals surface area (Å²) < 4.78 is 2.61. The van der Waals surface area contributed by atoms with Crippen LogP contribution in [-0.2, 0) is 5.41 Å². The SMILES string of the molecule is c1ccc2c(c1)-c1ccccc1C21c2ccccc2-c2ccc(-c3cc4c5cc(N(c6ccc7ccccc7c6)c6ccc7ccccc7c6)ccc5sc4c4ccccc34)cc21. The molecule has 0 N–H and O–H groups in total. The third-order valence-electron chi connectivity index (χ3n) is 14.0. The predicted octanol–water partition coefficient (Wildman–Crippen LogP) is 17.0. The molecule has 12 aromatic rings. The molecule has 0 radical (unpaired) electrons. The maximum atomic E-state index is 2.53. The first-order chi connectivity index (χ1) is 31.2. The monoisotopic (exact) mass is 815 g/mol. The molecule has 2 aliphatic carbocycles. The number of anilines is 3. The molecule has 0 saturated carbocycles. The molecule has 1 spiro atoms. The van der Waals surface area contributed by atoms with Gasteiger partial charge in [0, 0.05) is 42.6 Å². The lowest BCUT2D eigenvalue weighted by Gasteiger charge is -2.30. The fourth-order valence-electron chi connectivity index (χ4n) is 11.3. The van der Waals surface area contributed by atoms with E-state index in [1.165, 1.54) is 108 Å². The van der Waals surface area contributed by atoms with Crippen LogP contribution in [0.2, 0.25) is 0 Å². The van der Waals surface area contributed by atoms with Crippen molar-refractivity contribution >= 4 is 80.9 Å². The average molecular weight is 816 g/mol. The molecule has 0 aliphatic heterocycles. The second-order valence-electron chi connectivity index (χ2n) is 17.2. The number of thiophene rings is 1. The van der Waals surface area contributed by atoms with Gasteiger partial charge in [0.05, 0.1) is 5.41 Å². The molecule has 1 aromatic heterocycles. The van der Waals surface area contributed by atoms with E-state index in [0.29, 0.717) is 0 Å². The van der Waals surface area contributed by atoms with Gasteiger partial charge in [-0.1, -0.05) is 170 Å². The maximum Gasteiger partial charge on any atom is 0.0725 e. The summed E-state index contributed by atoms with van der Waals surface area (Å²) in [6.07, 6.45) is 0. The Morgan fingerprint density at radius 2 is 0.794 bits per heavy atom. The van der Waals surface area contributed by atoms with Crippen molar-refractivity contribution in [1.82, 2.24) is 0 Å². The van der Waals surface area contributed by atoms with Crippen molar-refractivity contribution in [3.05, 3.63) is 247 Å². The summed E-state index contributed by atoms with van der Waals surface area (Å²) in [5, 5.41) is 10.1. The maximum absolute atomic E-state index is 2.53. The lowest BCUT2D eigenvalue weighted by atomic mass is 9.70. The molecule has 2 heteroatoms. The van der Waals surface area contributed by atoms with Gasteiger partial charge < -0.3 is 4.90 Å². The van der Waals surface area contributed by atoms with Crippen molar-refractivity contribution in [2.75, 3.05) is 4.90 Å². The lowest BCUT2D eigenvalue weighted by molar-refractivity contribution is 0.794. The van der Waals surface area contributed by atoms with E-state index in [1.54, 1.807) is 0 Å². The van der Waals surface area contributed by atoms with Crippen LogP contribution in [0.4, 0.5) is 17.1 Å². The van der Waals surface area contributed by atoms with E-state index in [2.05, 4.69) is 229 Å². The van der Waals surface area contributed by atoms with Gasteiger partial charge in [0.2, 0.25) is 0 Å². The first kappa shape index (κ1) is 34.9. The van der Waals surface area contributed by atoms with Crippen LogP contribution < -0.4 is 4.90 Å². The number of nitrogens with zero attached hydrogens (tertiary/aromatic N) is 1. The Labute approximate surface area is 369 Å². The van der Waals surface area contributed by atoms with Crippen LogP contribution in [0.1, 0.15) is 22.3 Å². The van der Waals surface area contributed by atoms with Crippen LogP contribution in [0.3, 0.4) is 0 Å². The predicted molar refractivity (Wildman–Crippen MR) is 268 cm³/mol. The average Bonchev–Trinajstić information content (AvgIpc) is 3.97. The highest BCUT2D eigenvalue weighted by molar-refractivity contribution is 7.26. The Hall–Kier alpha value is -7.78. The molecule has 292 valence electrons. The van der Waals surface area contributed by atoms with Gasteiger partial charge in [0.1, 0.15) is 0 Å². The molecular formula is C61H37NS. The number of hydrogen-bond acceptors (Lipinski definition) is 2. The van der Waals surface area contributed by atoms with E-state index in [1.807, 2.05) is 11.3 Å². The van der Waals surface area contributed by atoms with Gasteiger partial charge in [-0.25, -0.2) is 0 Å². The Balaban J connectivity index is 1.000. The third-order valence-corrected chi connectivity index (χ3v) is 15.2. The molecule has 0 bridgehead atoms. The summed E-state index contributed by atoms with van der Waals surface area (Å²) in [6, 6.07) is 84.1. The molecule has 0 fully saturated rings. The van der Waals surface area contributed by atoms with Crippen LogP contribution in [0.5, 0.6) is 0 Å². The van der Waals surface area contributed by atoms with E-state index >= 15 is 0 Å². The fraction of sp³-hybridized carbons (Fsp3) is 0.0164. The quantitative estimate of drug-likeness (QED) is 0.171. The highest BCUT2D eigenvalue weighted by Gasteiger charge is 2.51. The van der Waals surface area contributed by atoms with Gasteiger partial charge in [0.15, 0.2) is 0 Å². The first-order valence-corrected chi connectivity index (χ1v) is 22.6. The summed E-state index contributed by atoms with van der Waals surface area (Å²) in [7, 11) is 0. The zero-order valence-corrected chi connectivity index (χ0v) is 35.0. The standard InChI is InChI=1S/C61H37NS/c1-3-15-40-33-43(28-25-38(40)13-1)62(44-29-26-39-14-2-4-16-41(39)34-44)45-30-32-59-53(36-45)54-37-52(46-17-5-6-21-51(46)60(54)63-59)42-27-31-50-49-20-9-12-24-57(49)61(58(50)35-42)55-22-10-7-18-47(55)48-19-8-11-23-56(48)61/h1-37H. The summed E-state index contributed by atoms with van der Waals surface area (Å²) in [5.74, 6) is 0. The topological polar surface area (TPSA) is 3.24 Å². The van der Waals surface area contributed by atoms with E-state index < -0.39 is 5.41 Å². The van der Waals surface area contributed by atoms with Crippen molar-refractivity contribution in [3.63, 3.8) is 0 Å². The summed E-state index contributed by atoms with van der Waals surface area (Å²) >= 11 is 1.90. The third kappa shape index (κ3) is 4.87. The van der Waals surface area contributed by atoms with E-state index in [-0.39, 0.29) is 0 Å². The fourth-order valence-corrected chi connectivity index (χ4v) is 12.5. The van der Waals surface area contributed by atoms with E-state index in [0.717, 1.165) is 17.1 Å². The van der Waals surface area contributed by atoms with Crippen LogP contribution in [-0.4, -0.2) is 0 Å². The van der Waals surface area contributed by atoms with Gasteiger partial charge in [-0.2, -0.15) is 0 Å². The minimum absolute atomic E-state index is 0.395. The van der Waals surface area contributed by atoms with Gasteiger partial charge in [-0.05, 0) is 137 Å². The number of benzene rings is 11. The highest BCUT2D eigenvalue weighted by atomic mass is 32.1. The highest BCUT2D eigenvalue weighted by Crippen LogP contribution is 2.63. The largest absolute Gasteiger partial charge is 0.310 e. The smallest absolute Gasteiger partial charge is 0.0725 e. The lowest BCUT2D eigenvalue weighted by Crippen LogP contribution is -2.25. The zero-order chi connectivity index (χ0) is 41.2. The molecule has 1 nitrogen and oxygen atoms in total. The summed E-state index contributed by atoms with van der Waals surface area (Å²) in [4.78, 5) is 2.43. The van der Waals surface area contributed by atoms with Crippen molar-refractivity contribution in [1.29, 1.82) is 0 Å². The van der Waals surface area contributed by atoms with Crippen LogP contribution in [0, 0.1) is 0 Å². The molecule has 0 atom stereocenters. The van der Waals surface area contributed by atoms with Crippen LogP contribution in [0.25, 0.3) is 85.9 Å². The molecule has 1 heterocycles. The van der Waals surface area contributed by atoms with Crippen LogP contribution in [0.15, 0.2) is 224 Å². The van der Waals surface area contributed by atoms with Gasteiger partial charge in [0.25, 0.3) is 0 Å². The molecule has 14 rings (SSSR count). The van der Waals surface area contributed by atoms with Crippen molar-refractivity contribution in [2.24, 2.45) is 0 Å². The molecule has 0 saturated heterocycles. The Morgan fingerprint density at radius 3 is 1.41 bits per heavy atom. The van der Waals surface area contributed by atoms with Gasteiger partial charge in [-0.15, -0.1) is 11.3 Å². The number of rotatable bonds is 4.